The third-order valence-electron chi connectivity index (χ3n) is 4.38. The molecule has 104 valence electrons. The van der Waals surface area contributed by atoms with Gasteiger partial charge in [0.05, 0.1) is 5.41 Å². The van der Waals surface area contributed by atoms with Gasteiger partial charge in [-0.2, -0.15) is 0 Å². The van der Waals surface area contributed by atoms with E-state index in [0.29, 0.717) is 5.92 Å². The number of hydrogen-bond donors (Lipinski definition) is 2. The van der Waals surface area contributed by atoms with E-state index in [1.165, 1.54) is 5.56 Å². The normalized spacial score (nSPS) is 22.8. The van der Waals surface area contributed by atoms with Gasteiger partial charge in [-0.1, -0.05) is 31.5 Å². The van der Waals surface area contributed by atoms with Gasteiger partial charge < -0.3 is 10.6 Å². The van der Waals surface area contributed by atoms with Crippen LogP contribution in [0.25, 0.3) is 0 Å². The molecular formula is C16H24N2O. The van der Waals surface area contributed by atoms with E-state index in [4.69, 9.17) is 0 Å². The highest BCUT2D eigenvalue weighted by molar-refractivity contribution is 5.96. The van der Waals surface area contributed by atoms with Gasteiger partial charge in [-0.3, -0.25) is 4.79 Å². The molecule has 0 saturated carbocycles. The maximum atomic E-state index is 12.7. The third kappa shape index (κ3) is 2.66. The van der Waals surface area contributed by atoms with E-state index in [1.54, 1.807) is 0 Å². The Balaban J connectivity index is 2.20. The summed E-state index contributed by atoms with van der Waals surface area (Å²) in [4.78, 5) is 12.7. The fraction of sp³-hybridized carbons (Fsp3) is 0.562. The summed E-state index contributed by atoms with van der Waals surface area (Å²) in [5.41, 5.74) is 3.01. The second kappa shape index (κ2) is 5.33. The minimum atomic E-state index is -0.267. The first-order chi connectivity index (χ1) is 8.95. The zero-order valence-electron chi connectivity index (χ0n) is 12.3. The van der Waals surface area contributed by atoms with E-state index in [0.717, 1.165) is 30.8 Å². The molecule has 3 heteroatoms. The fourth-order valence-electron chi connectivity index (χ4n) is 2.86. The lowest BCUT2D eigenvalue weighted by atomic mass is 9.75. The van der Waals surface area contributed by atoms with Crippen LogP contribution in [-0.2, 0) is 4.79 Å². The van der Waals surface area contributed by atoms with Crippen LogP contribution in [0.15, 0.2) is 18.2 Å². The summed E-state index contributed by atoms with van der Waals surface area (Å²) in [6.45, 7) is 10.1. The lowest BCUT2D eigenvalue weighted by Gasteiger charge is -2.31. The van der Waals surface area contributed by atoms with Gasteiger partial charge in [0.25, 0.3) is 0 Å². The van der Waals surface area contributed by atoms with Crippen molar-refractivity contribution in [2.24, 2.45) is 11.3 Å². The van der Waals surface area contributed by atoms with Crippen molar-refractivity contribution in [1.82, 2.24) is 5.32 Å². The molecule has 1 aromatic rings. The molecule has 2 rings (SSSR count). The molecule has 1 amide bonds. The lowest BCUT2D eigenvalue weighted by molar-refractivity contribution is -0.126. The Bertz CT molecular complexity index is 474. The molecule has 2 N–H and O–H groups in total. The lowest BCUT2D eigenvalue weighted by Crippen LogP contribution is -2.42. The quantitative estimate of drug-likeness (QED) is 0.877. The van der Waals surface area contributed by atoms with E-state index >= 15 is 0 Å². The van der Waals surface area contributed by atoms with Gasteiger partial charge in [-0.25, -0.2) is 0 Å². The number of anilines is 1. The van der Waals surface area contributed by atoms with Crippen LogP contribution in [0.1, 0.15) is 31.4 Å². The number of aryl methyl sites for hydroxylation is 2. The molecule has 0 radical (unpaired) electrons. The summed E-state index contributed by atoms with van der Waals surface area (Å²) in [5, 5.41) is 6.45. The minimum absolute atomic E-state index is 0.152. The molecule has 1 fully saturated rings. The predicted octanol–water partition coefficient (Wildman–Crippen LogP) is 2.88. The topological polar surface area (TPSA) is 41.1 Å². The SMILES string of the molecule is Cc1ccc(NC(=O)C2(C(C)C)CCNC2)c(C)c1. The number of carbonyl (C=O) groups is 1. The van der Waals surface area contributed by atoms with E-state index in [1.807, 2.05) is 19.1 Å². The predicted molar refractivity (Wildman–Crippen MR) is 79.3 cm³/mol. The second-order valence-corrected chi connectivity index (χ2v) is 6.01. The molecule has 1 heterocycles. The Morgan fingerprint density at radius 3 is 2.63 bits per heavy atom. The average Bonchev–Trinajstić information content (AvgIpc) is 2.83. The Hall–Kier alpha value is -1.35. The van der Waals surface area contributed by atoms with Gasteiger partial charge in [0.1, 0.15) is 0 Å². The molecule has 0 bridgehead atoms. The van der Waals surface area contributed by atoms with Gasteiger partial charge in [-0.15, -0.1) is 0 Å². The smallest absolute Gasteiger partial charge is 0.232 e. The molecule has 1 atom stereocenters. The number of rotatable bonds is 3. The van der Waals surface area contributed by atoms with Gasteiger partial charge in [0.2, 0.25) is 5.91 Å². The Morgan fingerprint density at radius 2 is 2.11 bits per heavy atom. The first kappa shape index (κ1) is 14.1. The molecule has 1 aliphatic rings. The standard InChI is InChI=1S/C16H24N2O/c1-11(2)16(7-8-17-10-16)15(19)18-14-6-5-12(3)9-13(14)4/h5-6,9,11,17H,7-8,10H2,1-4H3,(H,18,19). The van der Waals surface area contributed by atoms with Crippen molar-refractivity contribution in [1.29, 1.82) is 0 Å². The van der Waals surface area contributed by atoms with Gasteiger partial charge >= 0.3 is 0 Å². The molecule has 19 heavy (non-hydrogen) atoms. The number of hydrogen-bond acceptors (Lipinski definition) is 2. The van der Waals surface area contributed by atoms with Gasteiger partial charge in [0.15, 0.2) is 0 Å². The van der Waals surface area contributed by atoms with Crippen molar-refractivity contribution in [3.8, 4) is 0 Å². The van der Waals surface area contributed by atoms with Crippen LogP contribution in [0, 0.1) is 25.2 Å². The van der Waals surface area contributed by atoms with Crippen LogP contribution in [0.5, 0.6) is 0 Å². The van der Waals surface area contributed by atoms with Crippen molar-refractivity contribution >= 4 is 11.6 Å². The fourth-order valence-corrected chi connectivity index (χ4v) is 2.86. The first-order valence-electron chi connectivity index (χ1n) is 7.05. The minimum Gasteiger partial charge on any atom is -0.325 e. The third-order valence-corrected chi connectivity index (χ3v) is 4.38. The number of amides is 1. The molecule has 3 nitrogen and oxygen atoms in total. The van der Waals surface area contributed by atoms with Crippen molar-refractivity contribution < 1.29 is 4.79 Å². The average molecular weight is 260 g/mol. The zero-order valence-corrected chi connectivity index (χ0v) is 12.3. The summed E-state index contributed by atoms with van der Waals surface area (Å²) < 4.78 is 0. The van der Waals surface area contributed by atoms with E-state index in [9.17, 15) is 4.79 Å². The maximum Gasteiger partial charge on any atom is 0.232 e. The summed E-state index contributed by atoms with van der Waals surface area (Å²) in [7, 11) is 0. The highest BCUT2D eigenvalue weighted by atomic mass is 16.2. The molecule has 0 aliphatic carbocycles. The number of nitrogens with one attached hydrogen (secondary N) is 2. The molecule has 1 unspecified atom stereocenters. The van der Waals surface area contributed by atoms with Crippen molar-refractivity contribution in [2.75, 3.05) is 18.4 Å². The second-order valence-electron chi connectivity index (χ2n) is 6.01. The van der Waals surface area contributed by atoms with Crippen LogP contribution in [0.3, 0.4) is 0 Å². The van der Waals surface area contributed by atoms with Crippen LogP contribution in [0.4, 0.5) is 5.69 Å². The van der Waals surface area contributed by atoms with E-state index in [2.05, 4.69) is 37.5 Å². The molecule has 0 aromatic heterocycles. The summed E-state index contributed by atoms with van der Waals surface area (Å²) >= 11 is 0. The highest BCUT2D eigenvalue weighted by Crippen LogP contribution is 2.35. The van der Waals surface area contributed by atoms with Crippen molar-refractivity contribution in [3.05, 3.63) is 29.3 Å². The zero-order chi connectivity index (χ0) is 14.0. The molecule has 0 spiro atoms. The molecule has 1 aliphatic heterocycles. The summed E-state index contributed by atoms with van der Waals surface area (Å²) in [6, 6.07) is 6.14. The maximum absolute atomic E-state index is 12.7. The summed E-state index contributed by atoms with van der Waals surface area (Å²) in [6.07, 6.45) is 0.918. The largest absolute Gasteiger partial charge is 0.325 e. The molecule has 1 aromatic carbocycles. The Labute approximate surface area is 115 Å². The van der Waals surface area contributed by atoms with Crippen LogP contribution < -0.4 is 10.6 Å². The monoisotopic (exact) mass is 260 g/mol. The van der Waals surface area contributed by atoms with Gasteiger partial charge in [0, 0.05) is 12.2 Å². The van der Waals surface area contributed by atoms with Gasteiger partial charge in [-0.05, 0) is 44.4 Å². The molecule has 1 saturated heterocycles. The number of carbonyl (C=O) groups excluding carboxylic acids is 1. The highest BCUT2D eigenvalue weighted by Gasteiger charge is 2.43. The molecular weight excluding hydrogens is 236 g/mol. The number of benzene rings is 1. The summed E-state index contributed by atoms with van der Waals surface area (Å²) in [5.74, 6) is 0.493. The van der Waals surface area contributed by atoms with Crippen LogP contribution in [-0.4, -0.2) is 19.0 Å². The van der Waals surface area contributed by atoms with Crippen LogP contribution >= 0.6 is 0 Å². The van der Waals surface area contributed by atoms with Crippen molar-refractivity contribution in [3.63, 3.8) is 0 Å². The van der Waals surface area contributed by atoms with Crippen LogP contribution in [0.2, 0.25) is 0 Å². The Kier molecular flexibility index (Phi) is 3.95. The first-order valence-corrected chi connectivity index (χ1v) is 7.05. The van der Waals surface area contributed by atoms with E-state index < -0.39 is 0 Å². The van der Waals surface area contributed by atoms with E-state index in [-0.39, 0.29) is 11.3 Å². The van der Waals surface area contributed by atoms with Crippen molar-refractivity contribution in [2.45, 2.75) is 34.1 Å². The Morgan fingerprint density at radius 1 is 1.37 bits per heavy atom.